The zero-order valence-corrected chi connectivity index (χ0v) is 10.00. The summed E-state index contributed by atoms with van der Waals surface area (Å²) in [5.41, 5.74) is 1.00. The number of aromatic nitrogens is 2. The fourth-order valence-electron chi connectivity index (χ4n) is 2.20. The number of carbonyl (C=O) groups is 1. The average Bonchev–Trinajstić information content (AvgIpc) is 2.56. The summed E-state index contributed by atoms with van der Waals surface area (Å²) in [6.07, 6.45) is 3.22. The Kier molecular flexibility index (Phi) is 3.19. The van der Waals surface area contributed by atoms with E-state index < -0.39 is 5.97 Å². The predicted molar refractivity (Wildman–Crippen MR) is 60.7 cm³/mol. The normalized spacial score (nSPS) is 19.5. The molecule has 0 fully saturated rings. The molecule has 0 saturated carbocycles. The first kappa shape index (κ1) is 11.5. The summed E-state index contributed by atoms with van der Waals surface area (Å²) >= 11 is 6.05. The lowest BCUT2D eigenvalue weighted by Crippen LogP contribution is -2.27. The molecule has 0 amide bonds. The minimum atomic E-state index is -0.724. The Hall–Kier alpha value is -1.03. The zero-order chi connectivity index (χ0) is 11.7. The largest absolute Gasteiger partial charge is 0.481 e. The lowest BCUT2D eigenvalue weighted by Gasteiger charge is -2.22. The van der Waals surface area contributed by atoms with Crippen molar-refractivity contribution in [2.75, 3.05) is 0 Å². The summed E-state index contributed by atoms with van der Waals surface area (Å²) in [7, 11) is 0. The first-order chi connectivity index (χ1) is 7.63. The van der Waals surface area contributed by atoms with Gasteiger partial charge in [0.15, 0.2) is 5.15 Å². The average molecular weight is 243 g/mol. The molecule has 1 aliphatic heterocycles. The van der Waals surface area contributed by atoms with Gasteiger partial charge < -0.3 is 9.67 Å². The standard InChI is InChI=1S/C11H15ClN2O2/c1-2-3-9-13-10(12)8-5-4-7(11(15)16)6-14(8)9/h7H,2-6H2,1H3,(H,15,16). The van der Waals surface area contributed by atoms with Gasteiger partial charge in [-0.15, -0.1) is 0 Å². The molecule has 0 aliphatic carbocycles. The maximum absolute atomic E-state index is 11.0. The van der Waals surface area contributed by atoms with Crippen molar-refractivity contribution in [1.29, 1.82) is 0 Å². The maximum atomic E-state index is 11.0. The first-order valence-corrected chi connectivity index (χ1v) is 5.97. The van der Waals surface area contributed by atoms with E-state index in [1.165, 1.54) is 0 Å². The molecule has 2 rings (SSSR count). The molecule has 5 heteroatoms. The van der Waals surface area contributed by atoms with E-state index in [0.717, 1.165) is 24.4 Å². The van der Waals surface area contributed by atoms with Gasteiger partial charge in [-0.3, -0.25) is 4.79 Å². The van der Waals surface area contributed by atoms with Gasteiger partial charge in [-0.1, -0.05) is 18.5 Å². The summed E-state index contributed by atoms with van der Waals surface area (Å²) in [6, 6.07) is 0. The van der Waals surface area contributed by atoms with E-state index in [-0.39, 0.29) is 5.92 Å². The van der Waals surface area contributed by atoms with Crippen LogP contribution in [0.1, 0.15) is 31.3 Å². The number of nitrogens with zero attached hydrogens (tertiary/aromatic N) is 2. The number of hydrogen-bond acceptors (Lipinski definition) is 2. The molecule has 2 heterocycles. The quantitative estimate of drug-likeness (QED) is 0.884. The van der Waals surface area contributed by atoms with Crippen molar-refractivity contribution in [1.82, 2.24) is 9.55 Å². The van der Waals surface area contributed by atoms with Gasteiger partial charge in [0, 0.05) is 13.0 Å². The van der Waals surface area contributed by atoms with Gasteiger partial charge in [0.25, 0.3) is 0 Å². The van der Waals surface area contributed by atoms with Crippen LogP contribution in [-0.2, 0) is 24.2 Å². The van der Waals surface area contributed by atoms with Crippen LogP contribution < -0.4 is 0 Å². The third kappa shape index (κ3) is 1.94. The van der Waals surface area contributed by atoms with Gasteiger partial charge in [-0.25, -0.2) is 4.98 Å². The SMILES string of the molecule is CCCc1nc(Cl)c2n1CC(C(=O)O)CC2. The number of aliphatic carboxylic acids is 1. The monoisotopic (exact) mass is 242 g/mol. The van der Waals surface area contributed by atoms with Gasteiger partial charge in [-0.05, 0) is 19.3 Å². The smallest absolute Gasteiger partial charge is 0.308 e. The second kappa shape index (κ2) is 4.45. The van der Waals surface area contributed by atoms with Gasteiger partial charge in [0.05, 0.1) is 11.6 Å². The van der Waals surface area contributed by atoms with Crippen LogP contribution in [-0.4, -0.2) is 20.6 Å². The minimum Gasteiger partial charge on any atom is -0.481 e. The highest BCUT2D eigenvalue weighted by atomic mass is 35.5. The third-order valence-electron chi connectivity index (χ3n) is 3.06. The fourth-order valence-corrected chi connectivity index (χ4v) is 2.49. The Morgan fingerprint density at radius 1 is 1.69 bits per heavy atom. The molecule has 0 spiro atoms. The topological polar surface area (TPSA) is 55.1 Å². The molecule has 4 nitrogen and oxygen atoms in total. The third-order valence-corrected chi connectivity index (χ3v) is 3.36. The molecule has 16 heavy (non-hydrogen) atoms. The van der Waals surface area contributed by atoms with Crippen molar-refractivity contribution in [3.63, 3.8) is 0 Å². The second-order valence-corrected chi connectivity index (χ2v) is 4.56. The number of carboxylic acids is 1. The lowest BCUT2D eigenvalue weighted by molar-refractivity contribution is -0.142. The molecule has 1 N–H and O–H groups in total. The van der Waals surface area contributed by atoms with Crippen LogP contribution in [0.25, 0.3) is 0 Å². The van der Waals surface area contributed by atoms with Gasteiger partial charge in [0.2, 0.25) is 0 Å². The Morgan fingerprint density at radius 2 is 2.44 bits per heavy atom. The molecule has 0 aromatic carbocycles. The summed E-state index contributed by atoms with van der Waals surface area (Å²) in [5, 5.41) is 9.57. The van der Waals surface area contributed by atoms with Crippen LogP contribution in [0, 0.1) is 5.92 Å². The molecule has 0 bridgehead atoms. The highest BCUT2D eigenvalue weighted by Crippen LogP contribution is 2.27. The van der Waals surface area contributed by atoms with Gasteiger partial charge in [-0.2, -0.15) is 0 Å². The van der Waals surface area contributed by atoms with Crippen molar-refractivity contribution >= 4 is 17.6 Å². The van der Waals surface area contributed by atoms with Crippen LogP contribution in [0.2, 0.25) is 5.15 Å². The van der Waals surface area contributed by atoms with Crippen LogP contribution in [0.3, 0.4) is 0 Å². The molecular weight excluding hydrogens is 228 g/mol. The predicted octanol–water partition coefficient (Wildman–Crippen LogP) is 2.14. The Balaban J connectivity index is 2.31. The van der Waals surface area contributed by atoms with Crippen LogP contribution in [0.4, 0.5) is 0 Å². The first-order valence-electron chi connectivity index (χ1n) is 5.60. The zero-order valence-electron chi connectivity index (χ0n) is 9.24. The van der Waals surface area contributed by atoms with Crippen molar-refractivity contribution < 1.29 is 9.90 Å². The molecule has 1 unspecified atom stereocenters. The van der Waals surface area contributed by atoms with E-state index in [1.807, 2.05) is 4.57 Å². The van der Waals surface area contributed by atoms with Crippen molar-refractivity contribution in [2.45, 2.75) is 39.2 Å². The van der Waals surface area contributed by atoms with Crippen molar-refractivity contribution in [3.05, 3.63) is 16.7 Å². The summed E-state index contributed by atoms with van der Waals surface area (Å²) in [5.74, 6) is -0.0975. The molecule has 1 aromatic heterocycles. The van der Waals surface area contributed by atoms with Gasteiger partial charge >= 0.3 is 5.97 Å². The molecule has 1 aliphatic rings. The number of hydrogen-bond donors (Lipinski definition) is 1. The molecule has 0 radical (unpaired) electrons. The van der Waals surface area contributed by atoms with E-state index in [2.05, 4.69) is 11.9 Å². The highest BCUT2D eigenvalue weighted by molar-refractivity contribution is 6.30. The molecule has 1 atom stereocenters. The molecule has 0 saturated heterocycles. The maximum Gasteiger partial charge on any atom is 0.308 e. The number of imidazole rings is 1. The van der Waals surface area contributed by atoms with E-state index in [4.69, 9.17) is 16.7 Å². The fraction of sp³-hybridized carbons (Fsp3) is 0.636. The van der Waals surface area contributed by atoms with Crippen LogP contribution in [0.5, 0.6) is 0 Å². The second-order valence-electron chi connectivity index (χ2n) is 4.20. The minimum absolute atomic E-state index is 0.298. The number of rotatable bonds is 3. The highest BCUT2D eigenvalue weighted by Gasteiger charge is 2.28. The Labute approximate surface area is 99.2 Å². The van der Waals surface area contributed by atoms with E-state index in [9.17, 15) is 4.79 Å². The van der Waals surface area contributed by atoms with Crippen molar-refractivity contribution in [3.8, 4) is 0 Å². The molecule has 1 aromatic rings. The Morgan fingerprint density at radius 3 is 3.06 bits per heavy atom. The van der Waals surface area contributed by atoms with Crippen molar-refractivity contribution in [2.24, 2.45) is 5.92 Å². The number of carboxylic acid groups (broad SMARTS) is 1. The molecule has 88 valence electrons. The summed E-state index contributed by atoms with van der Waals surface area (Å²) in [6.45, 7) is 2.59. The number of aryl methyl sites for hydroxylation is 1. The van der Waals surface area contributed by atoms with E-state index >= 15 is 0 Å². The van der Waals surface area contributed by atoms with Crippen LogP contribution in [0.15, 0.2) is 0 Å². The summed E-state index contributed by atoms with van der Waals surface area (Å²) < 4.78 is 1.99. The van der Waals surface area contributed by atoms with E-state index in [1.54, 1.807) is 0 Å². The Bertz CT molecular complexity index is 414. The summed E-state index contributed by atoms with van der Waals surface area (Å²) in [4.78, 5) is 15.3. The van der Waals surface area contributed by atoms with Gasteiger partial charge in [0.1, 0.15) is 5.82 Å². The molecular formula is C11H15ClN2O2. The number of fused-ring (bicyclic) bond motifs is 1. The van der Waals surface area contributed by atoms with Crippen LogP contribution >= 0.6 is 11.6 Å². The lowest BCUT2D eigenvalue weighted by atomic mass is 9.98. The van der Waals surface area contributed by atoms with E-state index in [0.29, 0.717) is 24.5 Å². The number of halogens is 1.